The molecule has 4 heteroatoms. The van der Waals surface area contributed by atoms with Crippen molar-refractivity contribution in [1.29, 1.82) is 0 Å². The Morgan fingerprint density at radius 3 is 2.55 bits per heavy atom. The van der Waals surface area contributed by atoms with Crippen LogP contribution in [0.5, 0.6) is 5.75 Å². The van der Waals surface area contributed by atoms with Crippen molar-refractivity contribution in [2.75, 3.05) is 24.3 Å². The molecule has 2 aromatic rings. The molecule has 2 N–H and O–H groups in total. The van der Waals surface area contributed by atoms with Crippen LogP contribution < -0.4 is 10.2 Å². The summed E-state index contributed by atoms with van der Waals surface area (Å²) in [6.07, 6.45) is 0. The Balaban J connectivity index is 2.13. The fraction of sp³-hybridized carbons (Fsp3) is 0.312. The molecule has 1 heterocycles. The normalized spacial score (nSPS) is 10.4. The molecule has 4 nitrogen and oxygen atoms in total. The number of aromatic hydroxyl groups is 1. The number of nitrogens with one attached hydrogen (secondary N) is 1. The molecule has 0 saturated carbocycles. The monoisotopic (exact) mass is 271 g/mol. The summed E-state index contributed by atoms with van der Waals surface area (Å²) in [6, 6.07) is 9.74. The zero-order valence-corrected chi connectivity index (χ0v) is 12.4. The fourth-order valence-electron chi connectivity index (χ4n) is 2.04. The van der Waals surface area contributed by atoms with Gasteiger partial charge in [0, 0.05) is 31.2 Å². The van der Waals surface area contributed by atoms with Crippen LogP contribution in [0.25, 0.3) is 0 Å². The van der Waals surface area contributed by atoms with Crippen LogP contribution in [0.3, 0.4) is 0 Å². The van der Waals surface area contributed by atoms with Gasteiger partial charge in [0.15, 0.2) is 0 Å². The second-order valence-corrected chi connectivity index (χ2v) is 5.17. The molecule has 1 aromatic heterocycles. The fourth-order valence-corrected chi connectivity index (χ4v) is 2.04. The van der Waals surface area contributed by atoms with E-state index in [0.717, 1.165) is 11.4 Å². The van der Waals surface area contributed by atoms with Gasteiger partial charge in [-0.3, -0.25) is 4.98 Å². The van der Waals surface area contributed by atoms with E-state index in [4.69, 9.17) is 0 Å². The van der Waals surface area contributed by atoms with Crippen molar-refractivity contribution < 1.29 is 5.11 Å². The number of aryl methyl sites for hydroxylation is 2. The lowest BCUT2D eigenvalue weighted by molar-refractivity contribution is 0.464. The zero-order chi connectivity index (χ0) is 14.7. The van der Waals surface area contributed by atoms with Crippen molar-refractivity contribution in [2.24, 2.45) is 0 Å². The molecule has 0 bridgehead atoms. The Bertz CT molecular complexity index is 609. The number of rotatable bonds is 4. The summed E-state index contributed by atoms with van der Waals surface area (Å²) >= 11 is 0. The van der Waals surface area contributed by atoms with Crippen LogP contribution in [0.1, 0.15) is 17.0 Å². The summed E-state index contributed by atoms with van der Waals surface area (Å²) in [7, 11) is 4.05. The van der Waals surface area contributed by atoms with E-state index in [0.29, 0.717) is 12.2 Å². The van der Waals surface area contributed by atoms with Crippen LogP contribution in [-0.2, 0) is 6.54 Å². The summed E-state index contributed by atoms with van der Waals surface area (Å²) in [4.78, 5) is 6.42. The molecule has 0 radical (unpaired) electrons. The molecule has 0 aliphatic rings. The first kappa shape index (κ1) is 14.2. The standard InChI is InChI=1S/C16H21N3O/c1-11-9-13(19(3)4)6-7-14(11)17-10-15-16(20)8-5-12(2)18-15/h5-9,17,20H,10H2,1-4H3. The third-order valence-corrected chi connectivity index (χ3v) is 3.26. The van der Waals surface area contributed by atoms with Gasteiger partial charge < -0.3 is 15.3 Å². The molecule has 0 unspecified atom stereocenters. The summed E-state index contributed by atoms with van der Waals surface area (Å²) in [5.74, 6) is 0.227. The highest BCUT2D eigenvalue weighted by Crippen LogP contribution is 2.23. The van der Waals surface area contributed by atoms with Gasteiger partial charge in [-0.1, -0.05) is 0 Å². The Morgan fingerprint density at radius 2 is 1.90 bits per heavy atom. The predicted molar refractivity (Wildman–Crippen MR) is 83.5 cm³/mol. The molecular weight excluding hydrogens is 250 g/mol. The molecule has 1 aromatic carbocycles. The van der Waals surface area contributed by atoms with Gasteiger partial charge in [0.2, 0.25) is 0 Å². The van der Waals surface area contributed by atoms with Crippen LogP contribution in [0.4, 0.5) is 11.4 Å². The highest BCUT2D eigenvalue weighted by atomic mass is 16.3. The lowest BCUT2D eigenvalue weighted by atomic mass is 10.1. The van der Waals surface area contributed by atoms with E-state index < -0.39 is 0 Å². The van der Waals surface area contributed by atoms with Gasteiger partial charge in [0.05, 0.1) is 6.54 Å². The van der Waals surface area contributed by atoms with Crippen molar-refractivity contribution in [1.82, 2.24) is 4.98 Å². The number of hydrogen-bond donors (Lipinski definition) is 2. The highest BCUT2D eigenvalue weighted by molar-refractivity contribution is 5.60. The van der Waals surface area contributed by atoms with Crippen molar-refractivity contribution >= 4 is 11.4 Å². The molecule has 106 valence electrons. The number of pyridine rings is 1. The maximum absolute atomic E-state index is 9.79. The van der Waals surface area contributed by atoms with E-state index >= 15 is 0 Å². The molecule has 0 aliphatic heterocycles. The van der Waals surface area contributed by atoms with E-state index in [1.807, 2.05) is 21.0 Å². The Labute approximate surface area is 120 Å². The second kappa shape index (κ2) is 5.82. The number of hydrogen-bond acceptors (Lipinski definition) is 4. The van der Waals surface area contributed by atoms with Crippen molar-refractivity contribution in [3.05, 3.63) is 47.3 Å². The average Bonchev–Trinajstić information content (AvgIpc) is 2.40. The van der Waals surface area contributed by atoms with Gasteiger partial charge in [-0.15, -0.1) is 0 Å². The van der Waals surface area contributed by atoms with Crippen molar-refractivity contribution in [3.8, 4) is 5.75 Å². The predicted octanol–water partition coefficient (Wildman–Crippen LogP) is 3.08. The minimum atomic E-state index is 0.227. The van der Waals surface area contributed by atoms with Gasteiger partial charge in [-0.25, -0.2) is 0 Å². The second-order valence-electron chi connectivity index (χ2n) is 5.17. The van der Waals surface area contributed by atoms with Crippen molar-refractivity contribution in [3.63, 3.8) is 0 Å². The first-order valence-electron chi connectivity index (χ1n) is 6.64. The Morgan fingerprint density at radius 1 is 1.15 bits per heavy atom. The minimum Gasteiger partial charge on any atom is -0.506 e. The lowest BCUT2D eigenvalue weighted by Crippen LogP contribution is -2.09. The van der Waals surface area contributed by atoms with Crippen LogP contribution >= 0.6 is 0 Å². The number of aromatic nitrogens is 1. The third kappa shape index (κ3) is 3.20. The summed E-state index contributed by atoms with van der Waals surface area (Å²) in [5, 5.41) is 13.1. The quantitative estimate of drug-likeness (QED) is 0.897. The largest absolute Gasteiger partial charge is 0.506 e. The lowest BCUT2D eigenvalue weighted by Gasteiger charge is -2.16. The SMILES string of the molecule is Cc1ccc(O)c(CNc2ccc(N(C)C)cc2C)n1. The van der Waals surface area contributed by atoms with E-state index in [2.05, 4.69) is 40.3 Å². The third-order valence-electron chi connectivity index (χ3n) is 3.26. The first-order valence-corrected chi connectivity index (χ1v) is 6.64. The van der Waals surface area contributed by atoms with Crippen LogP contribution in [-0.4, -0.2) is 24.2 Å². The summed E-state index contributed by atoms with van der Waals surface area (Å²) in [5.41, 5.74) is 4.96. The molecule has 0 saturated heterocycles. The van der Waals surface area contributed by atoms with E-state index in [1.54, 1.807) is 12.1 Å². The van der Waals surface area contributed by atoms with Crippen LogP contribution in [0, 0.1) is 13.8 Å². The summed E-state index contributed by atoms with van der Waals surface area (Å²) in [6.45, 7) is 4.49. The topological polar surface area (TPSA) is 48.4 Å². The highest BCUT2D eigenvalue weighted by Gasteiger charge is 2.05. The van der Waals surface area contributed by atoms with Gasteiger partial charge in [-0.05, 0) is 49.7 Å². The summed E-state index contributed by atoms with van der Waals surface area (Å²) < 4.78 is 0. The van der Waals surface area contributed by atoms with Gasteiger partial charge in [0.25, 0.3) is 0 Å². The molecule has 20 heavy (non-hydrogen) atoms. The number of anilines is 2. The Kier molecular flexibility index (Phi) is 4.13. The number of nitrogens with zero attached hydrogens (tertiary/aromatic N) is 2. The molecule has 0 amide bonds. The molecule has 0 spiro atoms. The zero-order valence-electron chi connectivity index (χ0n) is 12.4. The molecule has 0 aliphatic carbocycles. The average molecular weight is 271 g/mol. The van der Waals surface area contributed by atoms with Crippen molar-refractivity contribution in [2.45, 2.75) is 20.4 Å². The van der Waals surface area contributed by atoms with Crippen LogP contribution in [0.15, 0.2) is 30.3 Å². The molecule has 0 atom stereocenters. The van der Waals surface area contributed by atoms with E-state index in [-0.39, 0.29) is 5.75 Å². The van der Waals surface area contributed by atoms with E-state index in [9.17, 15) is 5.11 Å². The minimum absolute atomic E-state index is 0.227. The Hall–Kier alpha value is -2.23. The van der Waals surface area contributed by atoms with Gasteiger partial charge in [0.1, 0.15) is 11.4 Å². The van der Waals surface area contributed by atoms with Gasteiger partial charge >= 0.3 is 0 Å². The molecular formula is C16H21N3O. The smallest absolute Gasteiger partial charge is 0.138 e. The van der Waals surface area contributed by atoms with E-state index in [1.165, 1.54) is 11.3 Å². The van der Waals surface area contributed by atoms with Gasteiger partial charge in [-0.2, -0.15) is 0 Å². The van der Waals surface area contributed by atoms with Crippen LogP contribution in [0.2, 0.25) is 0 Å². The number of benzene rings is 1. The molecule has 2 rings (SSSR count). The maximum atomic E-state index is 9.79. The molecule has 0 fully saturated rings. The maximum Gasteiger partial charge on any atom is 0.138 e. The first-order chi connectivity index (χ1) is 9.47.